The average Bonchev–Trinajstić information content (AvgIpc) is 2.29. The van der Waals surface area contributed by atoms with Crippen LogP contribution in [0.3, 0.4) is 0 Å². The van der Waals surface area contributed by atoms with E-state index in [0.29, 0.717) is 6.07 Å². The lowest BCUT2D eigenvalue weighted by Crippen LogP contribution is -2.16. The summed E-state index contributed by atoms with van der Waals surface area (Å²) in [4.78, 5) is 14.5. The van der Waals surface area contributed by atoms with Crippen molar-refractivity contribution in [1.29, 1.82) is 0 Å². The van der Waals surface area contributed by atoms with Gasteiger partial charge in [0.05, 0.1) is 18.6 Å². The molecule has 0 bridgehead atoms. The Morgan fingerprint density at radius 2 is 2.00 bits per heavy atom. The fraction of sp³-hybridized carbons (Fsp3) is 0.500. The van der Waals surface area contributed by atoms with Crippen LogP contribution in [0.2, 0.25) is 0 Å². The Morgan fingerprint density at radius 1 is 1.40 bits per heavy atom. The standard InChI is InChI=1S/C12H12F5NO2/c1-3-20-9(19)5-7-4-8(12(15,16)17)10(11(13)14)18-6(7)2/h4,11H,3,5H2,1-2H3. The molecule has 0 saturated heterocycles. The Labute approximate surface area is 111 Å². The second kappa shape index (κ2) is 6.15. The van der Waals surface area contributed by atoms with E-state index < -0.39 is 36.2 Å². The van der Waals surface area contributed by atoms with Crippen LogP contribution < -0.4 is 0 Å². The molecule has 3 nitrogen and oxygen atoms in total. The van der Waals surface area contributed by atoms with Gasteiger partial charge in [0.1, 0.15) is 5.69 Å². The van der Waals surface area contributed by atoms with Crippen LogP contribution in [-0.2, 0) is 22.1 Å². The first-order valence-corrected chi connectivity index (χ1v) is 5.68. The van der Waals surface area contributed by atoms with E-state index in [4.69, 9.17) is 0 Å². The summed E-state index contributed by atoms with van der Waals surface area (Å²) in [6, 6.07) is 0.529. The third kappa shape index (κ3) is 3.88. The van der Waals surface area contributed by atoms with Gasteiger partial charge >= 0.3 is 12.1 Å². The molecule has 0 aliphatic heterocycles. The highest BCUT2D eigenvalue weighted by Gasteiger charge is 2.37. The van der Waals surface area contributed by atoms with Crippen molar-refractivity contribution in [2.45, 2.75) is 32.9 Å². The smallest absolute Gasteiger partial charge is 0.418 e. The van der Waals surface area contributed by atoms with E-state index in [1.807, 2.05) is 0 Å². The number of aromatic nitrogens is 1. The molecule has 20 heavy (non-hydrogen) atoms. The first kappa shape index (κ1) is 16.3. The van der Waals surface area contributed by atoms with E-state index in [0.717, 1.165) is 0 Å². The van der Waals surface area contributed by atoms with Crippen LogP contribution in [0.4, 0.5) is 22.0 Å². The van der Waals surface area contributed by atoms with Crippen LogP contribution in [0.1, 0.15) is 35.9 Å². The maximum absolute atomic E-state index is 12.7. The summed E-state index contributed by atoms with van der Waals surface area (Å²) >= 11 is 0. The zero-order valence-electron chi connectivity index (χ0n) is 10.7. The highest BCUT2D eigenvalue weighted by Crippen LogP contribution is 2.36. The Morgan fingerprint density at radius 3 is 2.45 bits per heavy atom. The molecule has 0 aliphatic rings. The average molecular weight is 297 g/mol. The maximum Gasteiger partial charge on any atom is 0.418 e. The number of pyridine rings is 1. The number of carbonyl (C=O) groups excluding carboxylic acids is 1. The monoisotopic (exact) mass is 297 g/mol. The molecule has 0 radical (unpaired) electrons. The van der Waals surface area contributed by atoms with Crippen LogP contribution in [0.15, 0.2) is 6.07 Å². The van der Waals surface area contributed by atoms with Crippen molar-refractivity contribution in [1.82, 2.24) is 4.98 Å². The molecular weight excluding hydrogens is 285 g/mol. The van der Waals surface area contributed by atoms with Gasteiger partial charge in [0.2, 0.25) is 0 Å². The van der Waals surface area contributed by atoms with Crippen LogP contribution >= 0.6 is 0 Å². The lowest BCUT2D eigenvalue weighted by molar-refractivity contribution is -0.143. The molecule has 0 aromatic carbocycles. The van der Waals surface area contributed by atoms with Gasteiger partial charge in [-0.3, -0.25) is 9.78 Å². The topological polar surface area (TPSA) is 39.2 Å². The number of hydrogen-bond donors (Lipinski definition) is 0. The number of ether oxygens (including phenoxy) is 1. The van der Waals surface area contributed by atoms with Gasteiger partial charge in [0.15, 0.2) is 0 Å². The van der Waals surface area contributed by atoms with Gasteiger partial charge in [-0.15, -0.1) is 0 Å². The fourth-order valence-corrected chi connectivity index (χ4v) is 1.61. The zero-order valence-corrected chi connectivity index (χ0v) is 10.7. The van der Waals surface area contributed by atoms with Gasteiger partial charge in [0, 0.05) is 5.69 Å². The fourth-order valence-electron chi connectivity index (χ4n) is 1.61. The first-order chi connectivity index (χ1) is 9.16. The molecule has 0 N–H and O–H groups in total. The lowest BCUT2D eigenvalue weighted by atomic mass is 10.0. The highest BCUT2D eigenvalue weighted by molar-refractivity contribution is 5.73. The normalized spacial score (nSPS) is 11.8. The minimum absolute atomic E-state index is 0.0543. The molecular formula is C12H12F5NO2. The lowest BCUT2D eigenvalue weighted by Gasteiger charge is -2.15. The molecule has 1 aromatic heterocycles. The summed E-state index contributed by atoms with van der Waals surface area (Å²) in [6.07, 6.45) is -8.75. The van der Waals surface area contributed by atoms with Crippen LogP contribution in [-0.4, -0.2) is 17.6 Å². The van der Waals surface area contributed by atoms with Gasteiger partial charge in [-0.2, -0.15) is 13.2 Å². The number of esters is 1. The SMILES string of the molecule is CCOC(=O)Cc1cc(C(F)(F)F)c(C(F)F)nc1C. The van der Waals surface area contributed by atoms with E-state index in [1.165, 1.54) is 6.92 Å². The van der Waals surface area contributed by atoms with Crippen molar-refractivity contribution in [3.63, 3.8) is 0 Å². The van der Waals surface area contributed by atoms with Crippen molar-refractivity contribution in [2.75, 3.05) is 6.61 Å². The number of alkyl halides is 5. The second-order valence-corrected chi connectivity index (χ2v) is 3.95. The summed E-state index contributed by atoms with van der Waals surface area (Å²) in [6.45, 7) is 2.89. The van der Waals surface area contributed by atoms with Crippen molar-refractivity contribution < 1.29 is 31.5 Å². The Hall–Kier alpha value is -1.73. The van der Waals surface area contributed by atoms with Gasteiger partial charge in [0.25, 0.3) is 6.43 Å². The number of nitrogens with zero attached hydrogens (tertiary/aromatic N) is 1. The van der Waals surface area contributed by atoms with Crippen LogP contribution in [0.5, 0.6) is 0 Å². The molecule has 8 heteroatoms. The van der Waals surface area contributed by atoms with Gasteiger partial charge in [-0.25, -0.2) is 8.78 Å². The van der Waals surface area contributed by atoms with E-state index in [2.05, 4.69) is 9.72 Å². The predicted octanol–water partition coefficient (Wildman–Crippen LogP) is 3.45. The van der Waals surface area contributed by atoms with E-state index in [9.17, 15) is 26.7 Å². The van der Waals surface area contributed by atoms with Gasteiger partial charge in [-0.05, 0) is 25.5 Å². The molecule has 0 amide bonds. The number of rotatable bonds is 4. The molecule has 0 fully saturated rings. The second-order valence-electron chi connectivity index (χ2n) is 3.95. The molecule has 1 rings (SSSR count). The molecule has 112 valence electrons. The summed E-state index contributed by atoms with van der Waals surface area (Å²) in [5.74, 6) is -0.740. The Kier molecular flexibility index (Phi) is 5.02. The minimum Gasteiger partial charge on any atom is -0.466 e. The number of carbonyl (C=O) groups is 1. The predicted molar refractivity (Wildman–Crippen MR) is 59.3 cm³/mol. The Balaban J connectivity index is 3.25. The summed E-state index contributed by atoms with van der Waals surface area (Å²) in [7, 11) is 0. The molecule has 0 saturated carbocycles. The quantitative estimate of drug-likeness (QED) is 0.631. The number of hydrogen-bond acceptors (Lipinski definition) is 3. The summed E-state index contributed by atoms with van der Waals surface area (Å²) in [5.41, 5.74) is -3.00. The summed E-state index contributed by atoms with van der Waals surface area (Å²) < 4.78 is 68.0. The molecule has 0 aliphatic carbocycles. The number of aryl methyl sites for hydroxylation is 1. The van der Waals surface area contributed by atoms with Crippen molar-refractivity contribution in [2.24, 2.45) is 0 Å². The minimum atomic E-state index is -4.96. The summed E-state index contributed by atoms with van der Waals surface area (Å²) in [5, 5.41) is 0. The zero-order chi connectivity index (χ0) is 15.5. The molecule has 0 unspecified atom stereocenters. The van der Waals surface area contributed by atoms with Gasteiger partial charge < -0.3 is 4.74 Å². The van der Waals surface area contributed by atoms with Crippen molar-refractivity contribution in [3.8, 4) is 0 Å². The van der Waals surface area contributed by atoms with Crippen LogP contribution in [0.25, 0.3) is 0 Å². The van der Waals surface area contributed by atoms with E-state index in [1.54, 1.807) is 6.92 Å². The molecule has 1 heterocycles. The largest absolute Gasteiger partial charge is 0.466 e. The third-order valence-electron chi connectivity index (χ3n) is 2.50. The molecule has 0 atom stereocenters. The van der Waals surface area contributed by atoms with Crippen LogP contribution in [0, 0.1) is 6.92 Å². The van der Waals surface area contributed by atoms with E-state index in [-0.39, 0.29) is 17.9 Å². The molecule has 1 aromatic rings. The third-order valence-corrected chi connectivity index (χ3v) is 2.50. The first-order valence-electron chi connectivity index (χ1n) is 5.68. The van der Waals surface area contributed by atoms with E-state index >= 15 is 0 Å². The Bertz CT molecular complexity index is 499. The molecule has 0 spiro atoms. The van der Waals surface area contributed by atoms with Crippen molar-refractivity contribution in [3.05, 3.63) is 28.6 Å². The number of halogens is 5. The maximum atomic E-state index is 12.7. The van der Waals surface area contributed by atoms with Crippen molar-refractivity contribution >= 4 is 5.97 Å². The highest BCUT2D eigenvalue weighted by atomic mass is 19.4. The van der Waals surface area contributed by atoms with Gasteiger partial charge in [-0.1, -0.05) is 0 Å².